The van der Waals surface area contributed by atoms with Gasteiger partial charge in [-0.2, -0.15) is 26.3 Å². The number of carbonyl (C=O) groups excluding carboxylic acids is 2. The van der Waals surface area contributed by atoms with Crippen molar-refractivity contribution in [3.63, 3.8) is 0 Å². The second-order valence-corrected chi connectivity index (χ2v) is 9.88. The van der Waals surface area contributed by atoms with E-state index in [4.69, 9.17) is 4.74 Å². The number of ether oxygens (including phenoxy) is 1. The Balaban J connectivity index is 1.77. The predicted molar refractivity (Wildman–Crippen MR) is 137 cm³/mol. The van der Waals surface area contributed by atoms with E-state index in [0.29, 0.717) is 43.7 Å². The summed E-state index contributed by atoms with van der Waals surface area (Å²) in [4.78, 5) is 27.2. The second kappa shape index (κ2) is 12.9. The maximum absolute atomic E-state index is 13.4. The van der Waals surface area contributed by atoms with Crippen LogP contribution in [0.15, 0.2) is 48.5 Å². The highest BCUT2D eigenvalue weighted by Crippen LogP contribution is 2.33. The number of alkyl halides is 6. The van der Waals surface area contributed by atoms with Crippen LogP contribution in [-0.2, 0) is 22.3 Å². The van der Waals surface area contributed by atoms with Crippen molar-refractivity contribution in [1.82, 2.24) is 15.5 Å². The van der Waals surface area contributed by atoms with Gasteiger partial charge in [-0.05, 0) is 69.3 Å². The molecular formula is C27H32F6N4O3. The quantitative estimate of drug-likeness (QED) is 0.436. The molecule has 0 radical (unpaired) electrons. The number of anilines is 1. The molecule has 3 unspecified atom stereocenters. The zero-order valence-corrected chi connectivity index (χ0v) is 22.3. The standard InChI is InChI=1S/C27H32F6N4O3/c1-36(2)19-9-12-22(23(14-19)34-15-17-7-10-21(40-3)11-8-17)35-24(38)16-37(25(39)27(31,32)33)20-6-4-5-18(13-20)26(28,29)30/h4-8,10-11,13,19,22-23,34H,9,12,14-16H2,1-3H3,(H,35,38). The Morgan fingerprint density at radius 3 is 2.23 bits per heavy atom. The number of rotatable bonds is 9. The lowest BCUT2D eigenvalue weighted by Gasteiger charge is -2.40. The fourth-order valence-electron chi connectivity index (χ4n) is 4.69. The van der Waals surface area contributed by atoms with E-state index >= 15 is 0 Å². The smallest absolute Gasteiger partial charge is 0.471 e. The van der Waals surface area contributed by atoms with Crippen molar-refractivity contribution < 1.29 is 40.7 Å². The Bertz CT molecular complexity index is 1150. The highest BCUT2D eigenvalue weighted by molar-refractivity contribution is 6.01. The first-order valence-corrected chi connectivity index (χ1v) is 12.6. The molecule has 220 valence electrons. The van der Waals surface area contributed by atoms with E-state index < -0.39 is 48.0 Å². The topological polar surface area (TPSA) is 73.9 Å². The Kier molecular flexibility index (Phi) is 10.1. The van der Waals surface area contributed by atoms with Crippen molar-refractivity contribution in [3.05, 3.63) is 59.7 Å². The Morgan fingerprint density at radius 2 is 1.65 bits per heavy atom. The van der Waals surface area contributed by atoms with Crippen LogP contribution >= 0.6 is 0 Å². The monoisotopic (exact) mass is 574 g/mol. The first-order valence-electron chi connectivity index (χ1n) is 12.6. The van der Waals surface area contributed by atoms with Crippen molar-refractivity contribution >= 4 is 17.5 Å². The molecule has 1 fully saturated rings. The number of hydrogen-bond donors (Lipinski definition) is 2. The molecule has 13 heteroatoms. The fourth-order valence-corrected chi connectivity index (χ4v) is 4.69. The highest BCUT2D eigenvalue weighted by atomic mass is 19.4. The molecule has 0 aliphatic heterocycles. The number of carbonyl (C=O) groups is 2. The van der Waals surface area contributed by atoms with E-state index in [1.807, 2.05) is 26.2 Å². The summed E-state index contributed by atoms with van der Waals surface area (Å²) in [6.45, 7) is -0.650. The first kappa shape index (κ1) is 31.2. The molecule has 0 heterocycles. The van der Waals surface area contributed by atoms with Crippen molar-refractivity contribution in [2.24, 2.45) is 0 Å². The molecule has 0 saturated heterocycles. The van der Waals surface area contributed by atoms with Gasteiger partial charge in [0, 0.05) is 30.4 Å². The summed E-state index contributed by atoms with van der Waals surface area (Å²) in [5.74, 6) is -2.66. The van der Waals surface area contributed by atoms with Crippen LogP contribution in [0.5, 0.6) is 5.75 Å². The fraction of sp³-hybridized carbons (Fsp3) is 0.481. The Morgan fingerprint density at radius 1 is 0.975 bits per heavy atom. The molecule has 40 heavy (non-hydrogen) atoms. The van der Waals surface area contributed by atoms with Crippen LogP contribution < -0.4 is 20.3 Å². The number of benzene rings is 2. The maximum Gasteiger partial charge on any atom is 0.471 e. The largest absolute Gasteiger partial charge is 0.497 e. The third-order valence-electron chi connectivity index (χ3n) is 6.90. The number of nitrogens with zero attached hydrogens (tertiary/aromatic N) is 2. The number of halogens is 6. The number of nitrogens with one attached hydrogen (secondary N) is 2. The lowest BCUT2D eigenvalue weighted by molar-refractivity contribution is -0.170. The van der Waals surface area contributed by atoms with Gasteiger partial charge in [0.05, 0.1) is 12.7 Å². The maximum atomic E-state index is 13.4. The minimum atomic E-state index is -5.40. The SMILES string of the molecule is COc1ccc(CNC2CC(N(C)C)CCC2NC(=O)CN(C(=O)C(F)(F)F)c2cccc(C(F)(F)F)c2)cc1. The normalized spacial score (nSPS) is 19.8. The van der Waals surface area contributed by atoms with E-state index in [0.717, 1.165) is 17.7 Å². The van der Waals surface area contributed by atoms with Gasteiger partial charge in [0.1, 0.15) is 12.3 Å². The van der Waals surface area contributed by atoms with Gasteiger partial charge in [0.15, 0.2) is 0 Å². The van der Waals surface area contributed by atoms with E-state index in [9.17, 15) is 35.9 Å². The summed E-state index contributed by atoms with van der Waals surface area (Å²) < 4.78 is 84.8. The Hall–Kier alpha value is -3.32. The molecule has 3 rings (SSSR count). The summed E-state index contributed by atoms with van der Waals surface area (Å²) in [6.07, 6.45) is -8.41. The van der Waals surface area contributed by atoms with Crippen LogP contribution in [0.1, 0.15) is 30.4 Å². The molecule has 3 atom stereocenters. The lowest BCUT2D eigenvalue weighted by Crippen LogP contribution is -2.57. The van der Waals surface area contributed by atoms with Crippen LogP contribution in [0.4, 0.5) is 32.0 Å². The highest BCUT2D eigenvalue weighted by Gasteiger charge is 2.44. The summed E-state index contributed by atoms with van der Waals surface area (Å²) in [7, 11) is 5.42. The summed E-state index contributed by atoms with van der Waals surface area (Å²) >= 11 is 0. The summed E-state index contributed by atoms with van der Waals surface area (Å²) in [5.41, 5.74) is -0.975. The van der Waals surface area contributed by atoms with Crippen molar-refractivity contribution in [2.45, 2.75) is 56.3 Å². The Labute approximate surface area is 228 Å². The van der Waals surface area contributed by atoms with E-state index in [2.05, 4.69) is 15.5 Å². The number of methoxy groups -OCH3 is 1. The van der Waals surface area contributed by atoms with Gasteiger partial charge >= 0.3 is 18.3 Å². The van der Waals surface area contributed by atoms with E-state index in [-0.39, 0.29) is 17.0 Å². The molecule has 2 aromatic carbocycles. The molecule has 2 amide bonds. The summed E-state index contributed by atoms with van der Waals surface area (Å²) in [6, 6.07) is 9.71. The van der Waals surface area contributed by atoms with Crippen molar-refractivity contribution in [1.29, 1.82) is 0 Å². The van der Waals surface area contributed by atoms with Crippen LogP contribution in [-0.4, -0.2) is 68.8 Å². The summed E-state index contributed by atoms with van der Waals surface area (Å²) in [5, 5.41) is 6.11. The molecule has 7 nitrogen and oxygen atoms in total. The lowest BCUT2D eigenvalue weighted by atomic mass is 9.85. The minimum Gasteiger partial charge on any atom is -0.497 e. The minimum absolute atomic E-state index is 0.0236. The average molecular weight is 575 g/mol. The van der Waals surface area contributed by atoms with Crippen LogP contribution in [0.2, 0.25) is 0 Å². The zero-order valence-electron chi connectivity index (χ0n) is 22.3. The number of amides is 2. The predicted octanol–water partition coefficient (Wildman–Crippen LogP) is 4.37. The molecule has 0 aromatic heterocycles. The molecular weight excluding hydrogens is 542 g/mol. The van der Waals surface area contributed by atoms with Gasteiger partial charge in [-0.25, -0.2) is 0 Å². The van der Waals surface area contributed by atoms with Gasteiger partial charge in [-0.15, -0.1) is 0 Å². The van der Waals surface area contributed by atoms with Crippen molar-refractivity contribution in [2.75, 3.05) is 32.6 Å². The molecule has 1 saturated carbocycles. The van der Waals surface area contributed by atoms with Crippen LogP contribution in [0, 0.1) is 0 Å². The van der Waals surface area contributed by atoms with Gasteiger partial charge in [0.25, 0.3) is 0 Å². The molecule has 2 aromatic rings. The molecule has 0 bridgehead atoms. The van der Waals surface area contributed by atoms with Crippen LogP contribution in [0.25, 0.3) is 0 Å². The first-order chi connectivity index (χ1) is 18.7. The van der Waals surface area contributed by atoms with E-state index in [1.54, 1.807) is 19.2 Å². The molecule has 1 aliphatic carbocycles. The zero-order chi connectivity index (χ0) is 29.7. The third-order valence-corrected chi connectivity index (χ3v) is 6.90. The van der Waals surface area contributed by atoms with Gasteiger partial charge < -0.3 is 20.3 Å². The van der Waals surface area contributed by atoms with Gasteiger partial charge in [-0.3, -0.25) is 14.5 Å². The van der Waals surface area contributed by atoms with Crippen LogP contribution in [0.3, 0.4) is 0 Å². The third kappa shape index (κ3) is 8.34. The second-order valence-electron chi connectivity index (χ2n) is 9.88. The number of hydrogen-bond acceptors (Lipinski definition) is 5. The van der Waals surface area contributed by atoms with E-state index in [1.165, 1.54) is 0 Å². The van der Waals surface area contributed by atoms with Gasteiger partial charge in [-0.1, -0.05) is 18.2 Å². The molecule has 2 N–H and O–H groups in total. The van der Waals surface area contributed by atoms with Crippen molar-refractivity contribution in [3.8, 4) is 5.75 Å². The molecule has 0 spiro atoms. The van der Waals surface area contributed by atoms with Gasteiger partial charge in [0.2, 0.25) is 5.91 Å². The average Bonchev–Trinajstić information content (AvgIpc) is 2.90. The molecule has 1 aliphatic rings.